The Labute approximate surface area is 623 Å². The van der Waals surface area contributed by atoms with Gasteiger partial charge >= 0.3 is 5.97 Å². The number of benzene rings is 4. The van der Waals surface area contributed by atoms with Gasteiger partial charge in [-0.2, -0.15) is 25.3 Å². The molecule has 0 aliphatic heterocycles. The summed E-state index contributed by atoms with van der Waals surface area (Å²) in [5.74, 6) is -14.1. The third-order valence-electron chi connectivity index (χ3n) is 16.9. The van der Waals surface area contributed by atoms with Crippen molar-refractivity contribution in [1.29, 1.82) is 0 Å². The average Bonchev–Trinajstić information content (AvgIpc) is 1.13. The Morgan fingerprint density at radius 3 is 1.16 bits per heavy atom. The number of H-pyrrole nitrogens is 1. The Balaban J connectivity index is 1.48. The van der Waals surface area contributed by atoms with E-state index >= 15 is 14.4 Å². The van der Waals surface area contributed by atoms with Crippen molar-refractivity contribution in [2.24, 2.45) is 22.9 Å². The molecular formula is C71H98N16O17S2. The van der Waals surface area contributed by atoms with Crippen molar-refractivity contribution in [3.63, 3.8) is 0 Å². The first-order valence-electron chi connectivity index (χ1n) is 34.5. The molecule has 106 heavy (non-hydrogen) atoms. The van der Waals surface area contributed by atoms with Gasteiger partial charge < -0.3 is 107 Å². The third kappa shape index (κ3) is 28.1. The second-order valence-corrected chi connectivity index (χ2v) is 26.1. The molecule has 33 nitrogen and oxygen atoms in total. The molecular weight excluding hydrogens is 1410 g/mol. The molecule has 0 saturated heterocycles. The van der Waals surface area contributed by atoms with Crippen molar-refractivity contribution in [2.45, 2.75) is 169 Å². The zero-order valence-electron chi connectivity index (χ0n) is 58.7. The van der Waals surface area contributed by atoms with E-state index in [1.54, 1.807) is 121 Å². The lowest BCUT2D eigenvalue weighted by Crippen LogP contribution is -2.63. The molecule has 0 aliphatic carbocycles. The molecule has 0 saturated carbocycles. The average molecular weight is 1510 g/mol. The number of carboxylic acids is 1. The number of rotatable bonds is 46. The topological polar surface area (TPSA) is 555 Å². The van der Waals surface area contributed by atoms with Gasteiger partial charge in [-0.05, 0) is 93.8 Å². The highest BCUT2D eigenvalue weighted by molar-refractivity contribution is 7.80. The number of aromatic amines is 1. The largest absolute Gasteiger partial charge is 0.480 e. The number of para-hydroxylation sites is 1. The predicted molar refractivity (Wildman–Crippen MR) is 397 cm³/mol. The molecule has 0 radical (unpaired) electrons. The molecule has 12 amide bonds. The molecule has 1 heterocycles. The first kappa shape index (κ1) is 86.6. The summed E-state index contributed by atoms with van der Waals surface area (Å²) in [7, 11) is 0. The lowest BCUT2D eigenvalue weighted by Gasteiger charge is -2.29. The molecule has 4 aromatic carbocycles. The van der Waals surface area contributed by atoms with Gasteiger partial charge in [-0.15, -0.1) is 0 Å². The van der Waals surface area contributed by atoms with Gasteiger partial charge in [0.2, 0.25) is 70.9 Å². The van der Waals surface area contributed by atoms with Crippen LogP contribution in [0.2, 0.25) is 0 Å². The molecule has 0 aliphatic rings. The number of unbranched alkanes of at least 4 members (excludes halogenated alkanes) is 2. The van der Waals surface area contributed by atoms with Crippen LogP contribution < -0.4 is 81.4 Å². The number of aliphatic carboxylic acids is 1. The minimum Gasteiger partial charge on any atom is -0.480 e. The van der Waals surface area contributed by atoms with Crippen molar-refractivity contribution in [2.75, 3.05) is 31.2 Å². The highest BCUT2D eigenvalue weighted by Gasteiger charge is 2.39. The van der Waals surface area contributed by atoms with Crippen molar-refractivity contribution in [1.82, 2.24) is 63.5 Å². The van der Waals surface area contributed by atoms with Crippen LogP contribution in [0.3, 0.4) is 0 Å². The summed E-state index contributed by atoms with van der Waals surface area (Å²) in [5.41, 5.74) is 25.7. The maximum absolute atomic E-state index is 15.3. The van der Waals surface area contributed by atoms with E-state index in [2.05, 4.69) is 88.7 Å². The minimum absolute atomic E-state index is 0.0494. The van der Waals surface area contributed by atoms with Gasteiger partial charge in [-0.1, -0.05) is 109 Å². The number of aromatic nitrogens is 1. The van der Waals surface area contributed by atoms with E-state index in [4.69, 9.17) is 22.9 Å². The molecule has 5 rings (SSSR count). The number of carbonyl (C=O) groups is 13. The van der Waals surface area contributed by atoms with Gasteiger partial charge in [-0.3, -0.25) is 57.5 Å². The fourth-order valence-corrected chi connectivity index (χ4v) is 11.5. The van der Waals surface area contributed by atoms with Crippen molar-refractivity contribution < 1.29 is 82.8 Å². The highest BCUT2D eigenvalue weighted by Crippen LogP contribution is 2.21. The van der Waals surface area contributed by atoms with Crippen LogP contribution in [0.15, 0.2) is 121 Å². The molecule has 0 fully saturated rings. The second kappa shape index (κ2) is 44.7. The number of nitrogens with one attached hydrogen (secondary N) is 12. The second-order valence-electron chi connectivity index (χ2n) is 25.4. The number of aliphatic hydroxyl groups is 3. The SMILES string of the molecule is C[C@@H](O)[C@H](NC(=O)[C@H](Cc1ccccc1)NC(=O)[C@@H](NC(=O)[C@H](CCCCN)NC(=O)[C@H](Cc1c[nH]c2ccccc12)NC(=O)[C@H](Cc1ccccc1)NC(=O)[C@H](Cc1ccccc1)NC(=O)[C@H](CC(N)=O)NC(=O)[C@H](CCCCN)NC(=O)[C@H](N)CS)[C@@H](C)O)C(=O)N[C@@H](CO)C(=O)N[C@@H](CS)C(=O)O. The third-order valence-corrected chi connectivity index (χ3v) is 17.7. The van der Waals surface area contributed by atoms with Crippen LogP contribution in [-0.4, -0.2) is 218 Å². The van der Waals surface area contributed by atoms with Gasteiger partial charge in [-0.25, -0.2) is 4.79 Å². The Kier molecular flexibility index (Phi) is 36.5. The Morgan fingerprint density at radius 2 is 0.755 bits per heavy atom. The van der Waals surface area contributed by atoms with E-state index in [0.717, 1.165) is 13.8 Å². The first-order chi connectivity index (χ1) is 50.6. The zero-order chi connectivity index (χ0) is 78.0. The lowest BCUT2D eigenvalue weighted by molar-refractivity contribution is -0.142. The van der Waals surface area contributed by atoms with Crippen LogP contribution in [0.1, 0.15) is 81.0 Å². The predicted octanol–water partition coefficient (Wildman–Crippen LogP) is -4.07. The van der Waals surface area contributed by atoms with Crippen LogP contribution in [0.5, 0.6) is 0 Å². The summed E-state index contributed by atoms with van der Waals surface area (Å²) < 4.78 is 0. The minimum atomic E-state index is -1.89. The molecule has 5 aromatic rings. The maximum Gasteiger partial charge on any atom is 0.327 e. The molecule has 14 atom stereocenters. The van der Waals surface area contributed by atoms with Crippen molar-refractivity contribution in [3.8, 4) is 0 Å². The van der Waals surface area contributed by atoms with E-state index in [1.165, 1.54) is 0 Å². The van der Waals surface area contributed by atoms with Gasteiger partial charge in [0.1, 0.15) is 66.5 Å². The number of primary amides is 1. The van der Waals surface area contributed by atoms with E-state index in [9.17, 15) is 68.4 Å². The quantitative estimate of drug-likeness (QED) is 0.0130. The lowest BCUT2D eigenvalue weighted by atomic mass is 10.00. The number of carboxylic acid groups (broad SMARTS) is 1. The standard InChI is InChI=1S/C71H98N16O17S2/c1-39(89)58(69(101)83-52(32-43-22-10-5-11-23-43)67(99)87-59(40(2)90)70(102)84-55(36-88)68(100)85-56(38-106)71(103)104)86-62(94)49(27-15-17-29-73)78-65(97)53(33-44-35-76-47-25-13-12-24-45(44)47)81-64(96)51(31-42-20-8-4-9-21-42)79-63(95)50(30-41-18-6-3-7-19-41)80-66(98)54(34-57(75)91)82-61(93)48(26-14-16-28-72)77-60(92)46(74)37-105/h3-13,18-25,35,39-40,46,48-56,58-59,76,88-90,105-106H,14-17,26-34,36-38,72-74H2,1-2H3,(H2,75,91)(H,77,92)(H,78,97)(H,79,95)(H,80,98)(H,81,96)(H,82,93)(H,83,101)(H,84,102)(H,85,100)(H,86,94)(H,87,99)(H,103,104)/t39-,40-,46-,48+,49+,50+,51+,52+,53+,54+,55+,56+,58+,59+/m1/s1. The van der Waals surface area contributed by atoms with Crippen LogP contribution in [0, 0.1) is 0 Å². The number of nitrogens with two attached hydrogens (primary N) is 4. The zero-order valence-corrected chi connectivity index (χ0v) is 60.5. The monoisotopic (exact) mass is 1510 g/mol. The first-order valence-corrected chi connectivity index (χ1v) is 35.7. The maximum atomic E-state index is 15.3. The molecule has 576 valence electrons. The van der Waals surface area contributed by atoms with E-state index in [1.807, 2.05) is 0 Å². The fraction of sp³-hybridized carbons (Fsp3) is 0.451. The normalized spacial score (nSPS) is 15.2. The Bertz CT molecular complexity index is 3750. The summed E-state index contributed by atoms with van der Waals surface area (Å²) in [6, 6.07) is 12.9. The Hall–Kier alpha value is -10.0. The van der Waals surface area contributed by atoms with Crippen LogP contribution >= 0.6 is 25.3 Å². The molecule has 35 heteroatoms. The van der Waals surface area contributed by atoms with Crippen molar-refractivity contribution >= 4 is 113 Å². The number of amides is 12. The number of aliphatic hydroxyl groups excluding tert-OH is 3. The summed E-state index contributed by atoms with van der Waals surface area (Å²) in [6.07, 6.45) is -2.36. The molecule has 0 bridgehead atoms. The van der Waals surface area contributed by atoms with Gasteiger partial charge in [0.15, 0.2) is 0 Å². The summed E-state index contributed by atoms with van der Waals surface area (Å²) in [5, 5.41) is 69.6. The number of thiol groups is 2. The number of fused-ring (bicyclic) bond motifs is 1. The highest BCUT2D eigenvalue weighted by atomic mass is 32.1. The van der Waals surface area contributed by atoms with Crippen molar-refractivity contribution in [3.05, 3.63) is 144 Å². The summed E-state index contributed by atoms with van der Waals surface area (Å²) in [4.78, 5) is 184. The fourth-order valence-electron chi connectivity index (χ4n) is 11.1. The number of hydrogen-bond acceptors (Lipinski definition) is 21. The molecule has 0 spiro atoms. The van der Waals surface area contributed by atoms with Gasteiger partial charge in [0.05, 0.1) is 31.3 Å². The van der Waals surface area contributed by atoms with E-state index in [-0.39, 0.29) is 69.5 Å². The molecule has 0 unspecified atom stereocenters. The number of hydrogen-bond donors (Lipinski definition) is 22. The van der Waals surface area contributed by atoms with Gasteiger partial charge in [0.25, 0.3) is 0 Å². The Morgan fingerprint density at radius 1 is 0.415 bits per heavy atom. The van der Waals surface area contributed by atoms with Gasteiger partial charge in [0, 0.05) is 54.3 Å². The van der Waals surface area contributed by atoms with E-state index < -0.39 is 175 Å². The van der Waals surface area contributed by atoms with Crippen LogP contribution in [0.25, 0.3) is 10.9 Å². The van der Waals surface area contributed by atoms with E-state index in [0.29, 0.717) is 52.4 Å². The molecule has 24 N–H and O–H groups in total. The summed E-state index contributed by atoms with van der Waals surface area (Å²) in [6.45, 7) is 1.62. The summed E-state index contributed by atoms with van der Waals surface area (Å²) >= 11 is 7.97. The van der Waals surface area contributed by atoms with Crippen LogP contribution in [0.4, 0.5) is 0 Å². The molecule has 1 aromatic heterocycles. The van der Waals surface area contributed by atoms with Crippen LogP contribution in [-0.2, 0) is 88.0 Å². The smallest absolute Gasteiger partial charge is 0.327 e. The number of carbonyl (C=O) groups excluding carboxylic acids is 12.